The molecule has 1 heterocycles. The maximum Gasteiger partial charge on any atom is 0.230 e. The zero-order chi connectivity index (χ0) is 15.3. The van der Waals surface area contributed by atoms with E-state index in [2.05, 4.69) is 36.3 Å². The van der Waals surface area contributed by atoms with Gasteiger partial charge in [-0.15, -0.1) is 22.0 Å². The molecule has 0 aliphatic rings. The van der Waals surface area contributed by atoms with Crippen molar-refractivity contribution in [2.75, 3.05) is 5.75 Å². The van der Waals surface area contributed by atoms with E-state index < -0.39 is 0 Å². The lowest BCUT2D eigenvalue weighted by Crippen LogP contribution is -2.27. The third-order valence-electron chi connectivity index (χ3n) is 2.73. The number of hydrogen-bond donors (Lipinski definition) is 1. The highest BCUT2D eigenvalue weighted by Gasteiger charge is 2.14. The van der Waals surface area contributed by atoms with Crippen LogP contribution in [0.3, 0.4) is 0 Å². The standard InChI is InChI=1S/C15H20N4OS/c1-15(2,3)21-10-14(20)16-9-13-18-17-11-19(13)12-7-5-4-6-8-12/h4-8,11H,9-10H2,1-3H3,(H,16,20). The number of hydrogen-bond acceptors (Lipinski definition) is 4. The minimum Gasteiger partial charge on any atom is -0.348 e. The summed E-state index contributed by atoms with van der Waals surface area (Å²) in [6.07, 6.45) is 1.65. The van der Waals surface area contributed by atoms with Gasteiger partial charge in [0.2, 0.25) is 5.91 Å². The Balaban J connectivity index is 1.93. The van der Waals surface area contributed by atoms with Crippen LogP contribution in [-0.4, -0.2) is 31.2 Å². The van der Waals surface area contributed by atoms with E-state index in [0.29, 0.717) is 12.3 Å². The van der Waals surface area contributed by atoms with E-state index in [1.54, 1.807) is 18.1 Å². The van der Waals surface area contributed by atoms with Gasteiger partial charge in [-0.3, -0.25) is 9.36 Å². The first kappa shape index (κ1) is 15.6. The first-order valence-corrected chi connectivity index (χ1v) is 7.79. The number of carbonyl (C=O) groups is 1. The van der Waals surface area contributed by atoms with Gasteiger partial charge in [-0.1, -0.05) is 39.0 Å². The van der Waals surface area contributed by atoms with Gasteiger partial charge in [0.1, 0.15) is 6.33 Å². The lowest BCUT2D eigenvalue weighted by atomic mass is 10.3. The van der Waals surface area contributed by atoms with Gasteiger partial charge < -0.3 is 5.32 Å². The fourth-order valence-electron chi connectivity index (χ4n) is 1.69. The number of amides is 1. The summed E-state index contributed by atoms with van der Waals surface area (Å²) in [6, 6.07) is 9.82. The van der Waals surface area contributed by atoms with Crippen molar-refractivity contribution in [1.29, 1.82) is 0 Å². The highest BCUT2D eigenvalue weighted by atomic mass is 32.2. The first-order valence-electron chi connectivity index (χ1n) is 6.81. The van der Waals surface area contributed by atoms with Crippen LogP contribution in [0.25, 0.3) is 5.69 Å². The number of aromatic nitrogens is 3. The van der Waals surface area contributed by atoms with Gasteiger partial charge in [-0.25, -0.2) is 0 Å². The van der Waals surface area contributed by atoms with Crippen LogP contribution in [0.4, 0.5) is 0 Å². The SMILES string of the molecule is CC(C)(C)SCC(=O)NCc1nncn1-c1ccccc1. The Kier molecular flexibility index (Phi) is 5.01. The van der Waals surface area contributed by atoms with Crippen molar-refractivity contribution in [3.05, 3.63) is 42.5 Å². The van der Waals surface area contributed by atoms with Crippen LogP contribution < -0.4 is 5.32 Å². The lowest BCUT2D eigenvalue weighted by molar-refractivity contribution is -0.118. The number of carbonyl (C=O) groups excluding carboxylic acids is 1. The fraction of sp³-hybridized carbons (Fsp3) is 0.400. The Morgan fingerprint density at radius 2 is 2.00 bits per heavy atom. The van der Waals surface area contributed by atoms with Gasteiger partial charge >= 0.3 is 0 Å². The molecular weight excluding hydrogens is 284 g/mol. The third kappa shape index (κ3) is 4.90. The van der Waals surface area contributed by atoms with Crippen LogP contribution in [0, 0.1) is 0 Å². The van der Waals surface area contributed by atoms with E-state index in [0.717, 1.165) is 11.5 Å². The molecule has 0 aliphatic heterocycles. The average molecular weight is 304 g/mol. The summed E-state index contributed by atoms with van der Waals surface area (Å²) in [5.74, 6) is 1.18. The van der Waals surface area contributed by atoms with Gasteiger partial charge in [0.25, 0.3) is 0 Å². The van der Waals surface area contributed by atoms with Crippen LogP contribution in [0.1, 0.15) is 26.6 Å². The molecule has 0 saturated carbocycles. The number of para-hydroxylation sites is 1. The molecule has 0 spiro atoms. The molecule has 21 heavy (non-hydrogen) atoms. The molecule has 112 valence electrons. The molecule has 0 radical (unpaired) electrons. The minimum atomic E-state index is 0.0116. The van der Waals surface area contributed by atoms with Gasteiger partial charge in [0.15, 0.2) is 5.82 Å². The molecule has 0 atom stereocenters. The predicted molar refractivity (Wildman–Crippen MR) is 85.4 cm³/mol. The Hall–Kier alpha value is -1.82. The summed E-state index contributed by atoms with van der Waals surface area (Å²) >= 11 is 1.62. The molecular formula is C15H20N4OS. The molecule has 0 unspecified atom stereocenters. The maximum atomic E-state index is 11.8. The van der Waals surface area contributed by atoms with Crippen LogP contribution in [0.15, 0.2) is 36.7 Å². The largest absolute Gasteiger partial charge is 0.348 e. The summed E-state index contributed by atoms with van der Waals surface area (Å²) in [6.45, 7) is 6.66. The molecule has 1 aromatic heterocycles. The van der Waals surface area contributed by atoms with Crippen molar-refractivity contribution in [2.45, 2.75) is 32.1 Å². The monoisotopic (exact) mass is 304 g/mol. The normalized spacial score (nSPS) is 11.4. The highest BCUT2D eigenvalue weighted by Crippen LogP contribution is 2.22. The van der Waals surface area contributed by atoms with Crippen LogP contribution in [0.5, 0.6) is 0 Å². The van der Waals surface area contributed by atoms with Gasteiger partial charge in [-0.05, 0) is 12.1 Å². The number of nitrogens with one attached hydrogen (secondary N) is 1. The second-order valence-corrected chi connectivity index (χ2v) is 7.43. The van der Waals surface area contributed by atoms with Crippen molar-refractivity contribution < 1.29 is 4.79 Å². The molecule has 1 amide bonds. The van der Waals surface area contributed by atoms with E-state index >= 15 is 0 Å². The molecule has 6 heteroatoms. The summed E-state index contributed by atoms with van der Waals surface area (Å²) in [4.78, 5) is 11.8. The van der Waals surface area contributed by atoms with E-state index in [9.17, 15) is 4.79 Å². The smallest absolute Gasteiger partial charge is 0.230 e. The average Bonchev–Trinajstić information content (AvgIpc) is 2.91. The minimum absolute atomic E-state index is 0.0116. The molecule has 0 fully saturated rings. The second kappa shape index (κ2) is 6.76. The Labute approximate surface area is 129 Å². The topological polar surface area (TPSA) is 59.8 Å². The third-order valence-corrected chi connectivity index (χ3v) is 4.01. The molecule has 0 bridgehead atoms. The lowest BCUT2D eigenvalue weighted by Gasteiger charge is -2.16. The molecule has 1 aromatic carbocycles. The quantitative estimate of drug-likeness (QED) is 0.921. The number of rotatable bonds is 5. The Bertz CT molecular complexity index is 589. The van der Waals surface area contributed by atoms with Crippen molar-refractivity contribution in [3.8, 4) is 5.69 Å². The molecule has 2 aromatic rings. The zero-order valence-electron chi connectivity index (χ0n) is 12.5. The van der Waals surface area contributed by atoms with E-state index in [1.165, 1.54) is 0 Å². The zero-order valence-corrected chi connectivity index (χ0v) is 13.4. The molecule has 2 rings (SSSR count). The Morgan fingerprint density at radius 3 is 2.67 bits per heavy atom. The summed E-state index contributed by atoms with van der Waals surface area (Å²) < 4.78 is 1.96. The van der Waals surface area contributed by atoms with Crippen molar-refractivity contribution in [3.63, 3.8) is 0 Å². The van der Waals surface area contributed by atoms with Gasteiger partial charge in [0, 0.05) is 10.4 Å². The van der Waals surface area contributed by atoms with Crippen LogP contribution in [-0.2, 0) is 11.3 Å². The Morgan fingerprint density at radius 1 is 1.29 bits per heavy atom. The fourth-order valence-corrected chi connectivity index (χ4v) is 2.36. The number of nitrogens with zero attached hydrogens (tertiary/aromatic N) is 3. The van der Waals surface area contributed by atoms with E-state index in [4.69, 9.17) is 0 Å². The summed E-state index contributed by atoms with van der Waals surface area (Å²) in [5.41, 5.74) is 0.982. The van der Waals surface area contributed by atoms with Crippen LogP contribution >= 0.6 is 11.8 Å². The molecule has 1 N–H and O–H groups in total. The maximum absolute atomic E-state index is 11.8. The van der Waals surface area contributed by atoms with Gasteiger partial charge in [0.05, 0.1) is 12.3 Å². The van der Waals surface area contributed by atoms with Crippen molar-refractivity contribution in [1.82, 2.24) is 20.1 Å². The predicted octanol–water partition coefficient (Wildman–Crippen LogP) is 2.42. The van der Waals surface area contributed by atoms with Crippen LogP contribution in [0.2, 0.25) is 0 Å². The summed E-state index contributed by atoms with van der Waals surface area (Å²) in [5, 5.41) is 10.9. The molecule has 0 aliphatic carbocycles. The number of benzene rings is 1. The molecule has 0 saturated heterocycles. The second-order valence-electron chi connectivity index (χ2n) is 5.63. The van der Waals surface area contributed by atoms with E-state index in [1.807, 2.05) is 34.9 Å². The highest BCUT2D eigenvalue weighted by molar-refractivity contribution is 8.01. The number of thioether (sulfide) groups is 1. The van der Waals surface area contributed by atoms with Crippen molar-refractivity contribution in [2.24, 2.45) is 0 Å². The van der Waals surface area contributed by atoms with Gasteiger partial charge in [-0.2, -0.15) is 0 Å². The summed E-state index contributed by atoms with van der Waals surface area (Å²) in [7, 11) is 0. The van der Waals surface area contributed by atoms with E-state index in [-0.39, 0.29) is 10.7 Å². The first-order chi connectivity index (χ1) is 9.96. The molecule has 5 nitrogen and oxygen atoms in total. The van der Waals surface area contributed by atoms with Crippen molar-refractivity contribution >= 4 is 17.7 Å².